The maximum absolute atomic E-state index is 12.2. The van der Waals surface area contributed by atoms with E-state index in [-0.39, 0.29) is 50.5 Å². The van der Waals surface area contributed by atoms with Gasteiger partial charge in [-0.25, -0.2) is 0 Å². The smallest absolute Gasteiger partial charge is 0.330 e. The van der Waals surface area contributed by atoms with Crippen LogP contribution in [0, 0.1) is 0 Å². The number of rotatable bonds is 15. The Morgan fingerprint density at radius 1 is 1.14 bits per heavy atom. The van der Waals surface area contributed by atoms with Gasteiger partial charge in [0, 0.05) is 31.0 Å². The molecule has 1 aromatic rings. The molecule has 1 heterocycles. The number of benzene rings is 1. The number of carbonyl (C=O) groups excluding carboxylic acids is 2. The largest absolute Gasteiger partial charge is 0.497 e. The van der Waals surface area contributed by atoms with E-state index in [1.165, 1.54) is 7.11 Å². The summed E-state index contributed by atoms with van der Waals surface area (Å²) in [5.41, 5.74) is 0.482. The molecular weight excluding hydrogens is 483 g/mol. The summed E-state index contributed by atoms with van der Waals surface area (Å²) in [5.74, 6) is 0.122. The van der Waals surface area contributed by atoms with Crippen molar-refractivity contribution in [2.24, 2.45) is 0 Å². The molecule has 7 N–H and O–H groups in total. The van der Waals surface area contributed by atoms with E-state index in [0.717, 1.165) is 0 Å². The van der Waals surface area contributed by atoms with Crippen molar-refractivity contribution in [3.05, 3.63) is 29.8 Å². The molecule has 0 saturated carbocycles. The molecule has 1 fully saturated rings. The molecule has 0 bridgehead atoms. The SMILES string of the molecule is COc1ccc(C(=O)CCC(=O)NCCCOP(=O)(O)C[C@H](O)C[C@H]2N[C@H](CO)[C@@H](O)[C@@H]2O)cc1. The van der Waals surface area contributed by atoms with Crippen LogP contribution >= 0.6 is 7.60 Å². The molecule has 0 radical (unpaired) electrons. The van der Waals surface area contributed by atoms with Gasteiger partial charge in [-0.1, -0.05) is 0 Å². The molecule has 198 valence electrons. The van der Waals surface area contributed by atoms with Crippen LogP contribution in [0.15, 0.2) is 24.3 Å². The van der Waals surface area contributed by atoms with Gasteiger partial charge in [0.05, 0.1) is 50.8 Å². The van der Waals surface area contributed by atoms with Crippen molar-refractivity contribution in [2.75, 3.05) is 33.0 Å². The lowest BCUT2D eigenvalue weighted by molar-refractivity contribution is -0.121. The van der Waals surface area contributed by atoms with Crippen molar-refractivity contribution in [3.8, 4) is 5.75 Å². The minimum Gasteiger partial charge on any atom is -0.497 e. The third-order valence-corrected chi connectivity index (χ3v) is 7.16. The van der Waals surface area contributed by atoms with Crippen LogP contribution in [-0.2, 0) is 13.9 Å². The molecule has 13 heteroatoms. The van der Waals surface area contributed by atoms with Gasteiger partial charge in [-0.3, -0.25) is 14.2 Å². The average molecular weight is 519 g/mol. The average Bonchev–Trinajstić information content (AvgIpc) is 3.09. The molecule has 1 amide bonds. The van der Waals surface area contributed by atoms with Crippen molar-refractivity contribution in [3.63, 3.8) is 0 Å². The van der Waals surface area contributed by atoms with E-state index in [2.05, 4.69) is 10.6 Å². The number of Topliss-reactive ketones (excluding diaryl/α,β-unsaturated/α-hetero) is 1. The first kappa shape index (κ1) is 29.3. The fourth-order valence-electron chi connectivity index (χ4n) is 3.75. The Labute approximate surface area is 203 Å². The zero-order chi connectivity index (χ0) is 26.0. The maximum Gasteiger partial charge on any atom is 0.330 e. The molecule has 6 atom stereocenters. The number of methoxy groups -OCH3 is 1. The van der Waals surface area contributed by atoms with E-state index in [1.807, 2.05) is 0 Å². The fourth-order valence-corrected chi connectivity index (χ4v) is 4.95. The molecule has 0 spiro atoms. The molecule has 1 saturated heterocycles. The molecule has 1 aliphatic rings. The summed E-state index contributed by atoms with van der Waals surface area (Å²) >= 11 is 0. The number of nitrogens with one attached hydrogen (secondary N) is 2. The third-order valence-electron chi connectivity index (χ3n) is 5.69. The van der Waals surface area contributed by atoms with Gasteiger partial charge in [0.2, 0.25) is 5.91 Å². The molecule has 1 unspecified atom stereocenters. The minimum atomic E-state index is -4.13. The quantitative estimate of drug-likeness (QED) is 0.0870. The van der Waals surface area contributed by atoms with Crippen LogP contribution in [-0.4, -0.2) is 100 Å². The summed E-state index contributed by atoms with van der Waals surface area (Å²) in [6, 6.07) is 5.10. The number of aliphatic hydroxyl groups is 4. The Balaban J connectivity index is 1.60. The summed E-state index contributed by atoms with van der Waals surface area (Å²) in [6.07, 6.45) is -4.12. The van der Waals surface area contributed by atoms with Gasteiger partial charge >= 0.3 is 7.60 Å². The van der Waals surface area contributed by atoms with Crippen LogP contribution in [0.25, 0.3) is 0 Å². The lowest BCUT2D eigenvalue weighted by Crippen LogP contribution is -2.38. The topological polar surface area (TPSA) is 195 Å². The van der Waals surface area contributed by atoms with Crippen LogP contribution in [0.2, 0.25) is 0 Å². The van der Waals surface area contributed by atoms with Gasteiger partial charge in [-0.05, 0) is 37.1 Å². The minimum absolute atomic E-state index is 0.00327. The van der Waals surface area contributed by atoms with Crippen LogP contribution in [0.4, 0.5) is 0 Å². The number of ketones is 1. The van der Waals surface area contributed by atoms with E-state index in [4.69, 9.17) is 14.4 Å². The Hall–Kier alpha value is -1.89. The lowest BCUT2D eigenvalue weighted by Gasteiger charge is -2.21. The molecule has 1 aromatic carbocycles. The van der Waals surface area contributed by atoms with Gasteiger partial charge in [0.15, 0.2) is 5.78 Å². The molecule has 12 nitrogen and oxygen atoms in total. The van der Waals surface area contributed by atoms with Gasteiger partial charge in [-0.15, -0.1) is 0 Å². The lowest BCUT2D eigenvalue weighted by atomic mass is 10.0. The normalized spacial score (nSPS) is 24.5. The molecule has 0 aliphatic carbocycles. The highest BCUT2D eigenvalue weighted by atomic mass is 31.2. The van der Waals surface area contributed by atoms with Crippen molar-refractivity contribution < 1.29 is 48.7 Å². The first-order valence-electron chi connectivity index (χ1n) is 11.4. The van der Waals surface area contributed by atoms with Crippen LogP contribution in [0.1, 0.15) is 36.0 Å². The monoisotopic (exact) mass is 518 g/mol. The van der Waals surface area contributed by atoms with Gasteiger partial charge in [0.1, 0.15) is 5.75 Å². The van der Waals surface area contributed by atoms with Crippen LogP contribution in [0.5, 0.6) is 5.75 Å². The highest BCUT2D eigenvalue weighted by Gasteiger charge is 2.41. The standard InChI is InChI=1S/C22H35N2O10P/c1-33-16-5-3-14(4-6-16)19(27)7-8-20(28)23-9-2-10-34-35(31,32)13-15(26)11-17-21(29)22(30)18(12-25)24-17/h3-6,15,17-18,21-22,24-26,29-30H,2,7-13H2,1H3,(H,23,28)(H,31,32)/t15-,17-,18-,21-,22-/m1/s1. The van der Waals surface area contributed by atoms with E-state index in [9.17, 15) is 34.4 Å². The zero-order valence-electron chi connectivity index (χ0n) is 19.6. The predicted molar refractivity (Wildman–Crippen MR) is 125 cm³/mol. The summed E-state index contributed by atoms with van der Waals surface area (Å²) in [4.78, 5) is 34.0. The highest BCUT2D eigenvalue weighted by Crippen LogP contribution is 2.43. The Morgan fingerprint density at radius 3 is 2.40 bits per heavy atom. The number of aliphatic hydroxyl groups excluding tert-OH is 4. The van der Waals surface area contributed by atoms with Crippen LogP contribution in [0.3, 0.4) is 0 Å². The van der Waals surface area contributed by atoms with Gasteiger partial charge in [0.25, 0.3) is 0 Å². The highest BCUT2D eigenvalue weighted by molar-refractivity contribution is 7.52. The number of carbonyl (C=O) groups is 2. The number of amides is 1. The second-order valence-electron chi connectivity index (χ2n) is 8.44. The molecular formula is C22H35N2O10P. The van der Waals surface area contributed by atoms with E-state index < -0.39 is 50.8 Å². The van der Waals surface area contributed by atoms with Crippen molar-refractivity contribution in [1.82, 2.24) is 10.6 Å². The summed E-state index contributed by atoms with van der Waals surface area (Å²) in [7, 11) is -2.61. The second kappa shape index (κ2) is 14.0. The van der Waals surface area contributed by atoms with Crippen molar-refractivity contribution in [1.29, 1.82) is 0 Å². The van der Waals surface area contributed by atoms with E-state index in [0.29, 0.717) is 11.3 Å². The summed E-state index contributed by atoms with van der Waals surface area (Å²) < 4.78 is 22.2. The number of ether oxygens (including phenoxy) is 1. The van der Waals surface area contributed by atoms with Crippen molar-refractivity contribution in [2.45, 2.75) is 56.1 Å². The fraction of sp³-hybridized carbons (Fsp3) is 0.636. The van der Waals surface area contributed by atoms with Crippen molar-refractivity contribution >= 4 is 19.3 Å². The predicted octanol–water partition coefficient (Wildman–Crippen LogP) is -0.828. The Bertz CT molecular complexity index is 868. The van der Waals surface area contributed by atoms with Gasteiger partial charge in [-0.2, -0.15) is 0 Å². The van der Waals surface area contributed by atoms with Crippen LogP contribution < -0.4 is 15.4 Å². The second-order valence-corrected chi connectivity index (χ2v) is 10.3. The summed E-state index contributed by atoms with van der Waals surface area (Å²) in [6.45, 7) is -0.361. The Kier molecular flexibility index (Phi) is 11.7. The molecule has 0 aromatic heterocycles. The number of hydrogen-bond acceptors (Lipinski definition) is 10. The Morgan fingerprint density at radius 2 is 1.80 bits per heavy atom. The van der Waals surface area contributed by atoms with E-state index in [1.54, 1.807) is 24.3 Å². The maximum atomic E-state index is 12.2. The molecule has 2 rings (SSSR count). The summed E-state index contributed by atoms with van der Waals surface area (Å²) in [5, 5.41) is 44.3. The van der Waals surface area contributed by atoms with Gasteiger partial charge < -0.3 is 45.2 Å². The zero-order valence-corrected chi connectivity index (χ0v) is 20.5. The first-order chi connectivity index (χ1) is 16.6. The molecule has 35 heavy (non-hydrogen) atoms. The van der Waals surface area contributed by atoms with E-state index >= 15 is 0 Å². The molecule has 1 aliphatic heterocycles. The third kappa shape index (κ3) is 9.59. The number of hydrogen-bond donors (Lipinski definition) is 7. The first-order valence-corrected chi connectivity index (χ1v) is 13.1.